The standard InChI is InChI=1S/C15H22F7NO3/c1-5-9(4)10(11(24)26-7-6-8(2)3)23-12(25)13(16,17)14(18,19)15(20,21)22/h8-10H,5-7H2,1-4H3,(H,23,25)/t9-,10-/m0/s1. The molecule has 26 heavy (non-hydrogen) atoms. The SMILES string of the molecule is CC[C@H](C)[C@H](NC(=O)C(F)(F)C(F)(F)C(F)(F)F)C(=O)OCCC(C)C. The van der Waals surface area contributed by atoms with Crippen LogP contribution in [-0.4, -0.2) is 42.5 Å². The molecule has 1 amide bonds. The molecule has 0 aliphatic rings. The Morgan fingerprint density at radius 1 is 1.00 bits per heavy atom. The van der Waals surface area contributed by atoms with E-state index >= 15 is 0 Å². The summed E-state index contributed by atoms with van der Waals surface area (Å²) in [4.78, 5) is 23.4. The molecule has 0 saturated heterocycles. The van der Waals surface area contributed by atoms with Gasteiger partial charge in [0.05, 0.1) is 6.61 Å². The number of alkyl halides is 7. The number of amides is 1. The molecular weight excluding hydrogens is 375 g/mol. The first-order chi connectivity index (χ1) is 11.6. The Kier molecular flexibility index (Phi) is 8.37. The summed E-state index contributed by atoms with van der Waals surface area (Å²) in [5.74, 6) is -17.5. The fourth-order valence-corrected chi connectivity index (χ4v) is 1.71. The Morgan fingerprint density at radius 3 is 1.88 bits per heavy atom. The van der Waals surface area contributed by atoms with Crippen LogP contribution in [0.2, 0.25) is 0 Å². The predicted octanol–water partition coefficient (Wildman–Crippen LogP) is 3.94. The van der Waals surface area contributed by atoms with Gasteiger partial charge in [0.1, 0.15) is 6.04 Å². The summed E-state index contributed by atoms with van der Waals surface area (Å²) in [6.45, 7) is 6.33. The Morgan fingerprint density at radius 2 is 1.50 bits per heavy atom. The van der Waals surface area contributed by atoms with E-state index in [1.165, 1.54) is 19.2 Å². The normalized spacial score (nSPS) is 15.5. The van der Waals surface area contributed by atoms with Crippen molar-refractivity contribution >= 4 is 11.9 Å². The minimum absolute atomic E-state index is 0.117. The zero-order valence-corrected chi connectivity index (χ0v) is 14.7. The van der Waals surface area contributed by atoms with Crippen LogP contribution >= 0.6 is 0 Å². The maximum atomic E-state index is 13.4. The molecule has 0 saturated carbocycles. The van der Waals surface area contributed by atoms with Gasteiger partial charge in [-0.1, -0.05) is 34.1 Å². The average Bonchev–Trinajstić information content (AvgIpc) is 2.49. The first-order valence-corrected chi connectivity index (χ1v) is 7.89. The highest BCUT2D eigenvalue weighted by Crippen LogP contribution is 2.46. The summed E-state index contributed by atoms with van der Waals surface area (Å²) in [7, 11) is 0. The molecule has 0 radical (unpaired) electrons. The summed E-state index contributed by atoms with van der Waals surface area (Å²) >= 11 is 0. The van der Waals surface area contributed by atoms with E-state index in [0.717, 1.165) is 0 Å². The highest BCUT2D eigenvalue weighted by Gasteiger charge is 2.76. The van der Waals surface area contributed by atoms with Crippen LogP contribution in [0.1, 0.15) is 40.5 Å². The van der Waals surface area contributed by atoms with Crippen molar-refractivity contribution in [3.05, 3.63) is 0 Å². The second kappa shape index (κ2) is 8.90. The maximum absolute atomic E-state index is 13.4. The Bertz CT molecular complexity index is 492. The van der Waals surface area contributed by atoms with Crippen LogP contribution < -0.4 is 5.32 Å². The first-order valence-electron chi connectivity index (χ1n) is 7.89. The predicted molar refractivity (Wildman–Crippen MR) is 77.7 cm³/mol. The van der Waals surface area contributed by atoms with E-state index in [1.807, 2.05) is 13.8 Å². The fraction of sp³-hybridized carbons (Fsp3) is 0.867. The second-order valence-electron chi connectivity index (χ2n) is 6.33. The van der Waals surface area contributed by atoms with E-state index < -0.39 is 41.9 Å². The van der Waals surface area contributed by atoms with Gasteiger partial charge < -0.3 is 10.1 Å². The van der Waals surface area contributed by atoms with Crippen molar-refractivity contribution in [2.24, 2.45) is 11.8 Å². The number of carbonyl (C=O) groups excluding carboxylic acids is 2. The third kappa shape index (κ3) is 5.73. The van der Waals surface area contributed by atoms with Crippen LogP contribution in [0.4, 0.5) is 30.7 Å². The van der Waals surface area contributed by atoms with Gasteiger partial charge in [0.25, 0.3) is 5.91 Å². The van der Waals surface area contributed by atoms with Gasteiger partial charge in [-0.05, 0) is 18.3 Å². The van der Waals surface area contributed by atoms with Crippen LogP contribution in [0.25, 0.3) is 0 Å². The Hall–Kier alpha value is -1.55. The summed E-state index contributed by atoms with van der Waals surface area (Å²) < 4.78 is 93.9. The number of halogens is 7. The zero-order chi connectivity index (χ0) is 20.9. The van der Waals surface area contributed by atoms with Gasteiger partial charge in [0.15, 0.2) is 0 Å². The highest BCUT2D eigenvalue weighted by atomic mass is 19.4. The van der Waals surface area contributed by atoms with Crippen molar-refractivity contribution in [3.8, 4) is 0 Å². The minimum Gasteiger partial charge on any atom is -0.464 e. The lowest BCUT2D eigenvalue weighted by atomic mass is 9.98. The summed E-state index contributed by atoms with van der Waals surface area (Å²) in [5.41, 5.74) is 0. The molecule has 0 unspecified atom stereocenters. The van der Waals surface area contributed by atoms with Gasteiger partial charge in [0, 0.05) is 0 Å². The number of carbonyl (C=O) groups is 2. The first kappa shape index (κ1) is 24.5. The molecule has 4 nitrogen and oxygen atoms in total. The molecule has 0 aromatic heterocycles. The summed E-state index contributed by atoms with van der Waals surface area (Å²) in [6.07, 6.45) is -6.09. The van der Waals surface area contributed by atoms with Crippen LogP contribution in [-0.2, 0) is 14.3 Å². The number of esters is 1. The quantitative estimate of drug-likeness (QED) is 0.474. The lowest BCUT2D eigenvalue weighted by Crippen LogP contribution is -2.62. The fourth-order valence-electron chi connectivity index (χ4n) is 1.71. The largest absolute Gasteiger partial charge is 0.464 e. The molecule has 0 aromatic carbocycles. The van der Waals surface area contributed by atoms with E-state index in [-0.39, 0.29) is 18.9 Å². The second-order valence-corrected chi connectivity index (χ2v) is 6.33. The third-order valence-corrected chi connectivity index (χ3v) is 3.73. The van der Waals surface area contributed by atoms with Crippen molar-refractivity contribution in [2.45, 2.75) is 64.6 Å². The summed E-state index contributed by atoms with van der Waals surface area (Å²) in [6, 6.07) is -1.78. The number of rotatable bonds is 9. The number of nitrogens with one attached hydrogen (secondary N) is 1. The van der Waals surface area contributed by atoms with Gasteiger partial charge in [0.2, 0.25) is 0 Å². The molecule has 11 heteroatoms. The van der Waals surface area contributed by atoms with E-state index in [9.17, 15) is 40.3 Å². The van der Waals surface area contributed by atoms with E-state index in [2.05, 4.69) is 0 Å². The van der Waals surface area contributed by atoms with Gasteiger partial charge in [-0.3, -0.25) is 4.79 Å². The molecule has 1 N–H and O–H groups in total. The van der Waals surface area contributed by atoms with Crippen LogP contribution in [0.15, 0.2) is 0 Å². The highest BCUT2D eigenvalue weighted by molar-refractivity contribution is 5.89. The molecule has 0 heterocycles. The van der Waals surface area contributed by atoms with Crippen LogP contribution in [0.5, 0.6) is 0 Å². The molecule has 0 bridgehead atoms. The number of hydrogen-bond acceptors (Lipinski definition) is 3. The molecular formula is C15H22F7NO3. The monoisotopic (exact) mass is 397 g/mol. The smallest absolute Gasteiger partial charge is 0.460 e. The van der Waals surface area contributed by atoms with Crippen molar-refractivity contribution in [1.82, 2.24) is 5.32 Å². The van der Waals surface area contributed by atoms with Gasteiger partial charge in [-0.25, -0.2) is 4.79 Å². The molecule has 2 atom stereocenters. The van der Waals surface area contributed by atoms with E-state index in [1.54, 1.807) is 0 Å². The Labute approximate surface area is 146 Å². The molecule has 0 spiro atoms. The van der Waals surface area contributed by atoms with E-state index in [4.69, 9.17) is 4.74 Å². The molecule has 154 valence electrons. The van der Waals surface area contributed by atoms with E-state index in [0.29, 0.717) is 6.42 Å². The van der Waals surface area contributed by atoms with Crippen molar-refractivity contribution in [2.75, 3.05) is 6.61 Å². The molecule has 0 fully saturated rings. The molecule has 0 aliphatic carbocycles. The zero-order valence-electron chi connectivity index (χ0n) is 14.7. The van der Waals surface area contributed by atoms with Crippen LogP contribution in [0.3, 0.4) is 0 Å². The van der Waals surface area contributed by atoms with Crippen molar-refractivity contribution in [1.29, 1.82) is 0 Å². The molecule has 0 aromatic rings. The minimum atomic E-state index is -6.64. The number of ether oxygens (including phenoxy) is 1. The van der Waals surface area contributed by atoms with Gasteiger partial charge >= 0.3 is 24.0 Å². The van der Waals surface area contributed by atoms with Gasteiger partial charge in [-0.15, -0.1) is 0 Å². The Balaban J connectivity index is 5.34. The van der Waals surface area contributed by atoms with Crippen molar-refractivity contribution < 1.29 is 45.1 Å². The molecule has 0 aliphatic heterocycles. The lowest BCUT2D eigenvalue weighted by molar-refractivity contribution is -0.344. The average molecular weight is 397 g/mol. The number of hydrogen-bond donors (Lipinski definition) is 1. The lowest BCUT2D eigenvalue weighted by Gasteiger charge is -2.29. The van der Waals surface area contributed by atoms with Crippen LogP contribution in [0, 0.1) is 11.8 Å². The third-order valence-electron chi connectivity index (χ3n) is 3.73. The summed E-state index contributed by atoms with van der Waals surface area (Å²) in [5, 5.41) is 1.28. The van der Waals surface area contributed by atoms with Crippen molar-refractivity contribution in [3.63, 3.8) is 0 Å². The maximum Gasteiger partial charge on any atom is 0.460 e. The topological polar surface area (TPSA) is 55.4 Å². The molecule has 0 rings (SSSR count). The van der Waals surface area contributed by atoms with Gasteiger partial charge in [-0.2, -0.15) is 30.7 Å².